The van der Waals surface area contributed by atoms with Crippen LogP contribution in [0.4, 0.5) is 11.8 Å². The summed E-state index contributed by atoms with van der Waals surface area (Å²) in [6.45, 7) is 2.33. The molecule has 1 aromatic carbocycles. The molecule has 1 aromatic heterocycles. The van der Waals surface area contributed by atoms with E-state index in [4.69, 9.17) is 16.3 Å². The summed E-state index contributed by atoms with van der Waals surface area (Å²) in [6.07, 6.45) is 4.97. The zero-order chi connectivity index (χ0) is 15.9. The van der Waals surface area contributed by atoms with Crippen LogP contribution in [-0.2, 0) is 11.2 Å². The molecule has 0 spiro atoms. The third-order valence-electron chi connectivity index (χ3n) is 3.70. The van der Waals surface area contributed by atoms with Crippen LogP contribution in [0.5, 0.6) is 0 Å². The highest BCUT2D eigenvalue weighted by molar-refractivity contribution is 6.30. The van der Waals surface area contributed by atoms with Gasteiger partial charge < -0.3 is 15.4 Å². The number of nitrogens with zero attached hydrogens (tertiary/aromatic N) is 3. The molecule has 1 fully saturated rings. The second-order valence-corrected chi connectivity index (χ2v) is 5.92. The molecule has 0 radical (unpaired) electrons. The van der Waals surface area contributed by atoms with Gasteiger partial charge >= 0.3 is 0 Å². The first-order valence-corrected chi connectivity index (χ1v) is 8.21. The number of hydrogen-bond donors (Lipinski definition) is 2. The molecule has 122 valence electrons. The topological polar surface area (TPSA) is 72.0 Å². The van der Waals surface area contributed by atoms with Gasteiger partial charge in [-0.05, 0) is 37.0 Å². The predicted molar refractivity (Wildman–Crippen MR) is 90.9 cm³/mol. The molecule has 0 amide bonds. The van der Waals surface area contributed by atoms with Gasteiger partial charge in [0.15, 0.2) is 5.82 Å². The van der Waals surface area contributed by atoms with Gasteiger partial charge in [-0.15, -0.1) is 5.10 Å². The first-order valence-electron chi connectivity index (χ1n) is 7.83. The average molecular weight is 334 g/mol. The second kappa shape index (κ2) is 8.08. The van der Waals surface area contributed by atoms with E-state index >= 15 is 0 Å². The van der Waals surface area contributed by atoms with Gasteiger partial charge in [-0.3, -0.25) is 0 Å². The molecular weight excluding hydrogens is 314 g/mol. The van der Waals surface area contributed by atoms with E-state index in [-0.39, 0.29) is 6.10 Å². The van der Waals surface area contributed by atoms with E-state index in [2.05, 4.69) is 25.8 Å². The van der Waals surface area contributed by atoms with Gasteiger partial charge in [-0.25, -0.2) is 0 Å². The van der Waals surface area contributed by atoms with Crippen molar-refractivity contribution in [2.75, 3.05) is 30.3 Å². The minimum absolute atomic E-state index is 0.250. The number of ether oxygens (including phenoxy) is 1. The Kier molecular flexibility index (Phi) is 5.60. The maximum atomic E-state index is 5.88. The van der Waals surface area contributed by atoms with Crippen molar-refractivity contribution in [3.8, 4) is 0 Å². The lowest BCUT2D eigenvalue weighted by Crippen LogP contribution is -2.20. The SMILES string of the molecule is Clc1ccc(CCNc2cnnc(NCC3CCCO3)n2)cc1. The summed E-state index contributed by atoms with van der Waals surface area (Å²) in [5, 5.41) is 15.2. The minimum Gasteiger partial charge on any atom is -0.376 e. The Hall–Kier alpha value is -1.92. The molecule has 6 nitrogen and oxygen atoms in total. The summed E-state index contributed by atoms with van der Waals surface area (Å²) in [6, 6.07) is 7.85. The first-order chi connectivity index (χ1) is 11.3. The number of benzene rings is 1. The standard InChI is InChI=1S/C16H20ClN5O/c17-13-5-3-12(4-6-13)7-8-18-15-11-20-22-16(21-15)19-10-14-2-1-9-23-14/h3-6,11,14H,1-2,7-10H2,(H2,18,19,21,22). The van der Waals surface area contributed by atoms with Crippen LogP contribution in [0.25, 0.3) is 0 Å². The Bertz CT molecular complexity index is 616. The molecule has 1 atom stereocenters. The zero-order valence-corrected chi connectivity index (χ0v) is 13.6. The Morgan fingerprint density at radius 1 is 1.22 bits per heavy atom. The van der Waals surface area contributed by atoms with Crippen molar-refractivity contribution >= 4 is 23.4 Å². The van der Waals surface area contributed by atoms with Crippen LogP contribution < -0.4 is 10.6 Å². The fourth-order valence-electron chi connectivity index (χ4n) is 2.46. The Morgan fingerprint density at radius 3 is 2.87 bits per heavy atom. The summed E-state index contributed by atoms with van der Waals surface area (Å²) in [5.41, 5.74) is 1.22. The van der Waals surface area contributed by atoms with Gasteiger partial charge in [0.2, 0.25) is 5.95 Å². The van der Waals surface area contributed by atoms with Gasteiger partial charge in [0.25, 0.3) is 0 Å². The second-order valence-electron chi connectivity index (χ2n) is 5.48. The van der Waals surface area contributed by atoms with Gasteiger partial charge in [-0.1, -0.05) is 23.7 Å². The fraction of sp³-hybridized carbons (Fsp3) is 0.438. The number of rotatable bonds is 7. The van der Waals surface area contributed by atoms with E-state index < -0.39 is 0 Å². The minimum atomic E-state index is 0.250. The predicted octanol–water partition coefficient (Wildman–Crippen LogP) is 2.77. The monoisotopic (exact) mass is 333 g/mol. The largest absolute Gasteiger partial charge is 0.376 e. The van der Waals surface area contributed by atoms with Crippen LogP contribution in [0.3, 0.4) is 0 Å². The van der Waals surface area contributed by atoms with Crippen molar-refractivity contribution in [2.45, 2.75) is 25.4 Å². The van der Waals surface area contributed by atoms with Crippen LogP contribution in [0.15, 0.2) is 30.5 Å². The molecule has 23 heavy (non-hydrogen) atoms. The summed E-state index contributed by atoms with van der Waals surface area (Å²) < 4.78 is 5.56. The fourth-order valence-corrected chi connectivity index (χ4v) is 2.59. The Balaban J connectivity index is 1.46. The quantitative estimate of drug-likeness (QED) is 0.811. The lowest BCUT2D eigenvalue weighted by atomic mass is 10.1. The van der Waals surface area contributed by atoms with Gasteiger partial charge in [0, 0.05) is 24.7 Å². The van der Waals surface area contributed by atoms with Crippen molar-refractivity contribution in [3.63, 3.8) is 0 Å². The molecule has 3 rings (SSSR count). The average Bonchev–Trinajstić information content (AvgIpc) is 3.09. The summed E-state index contributed by atoms with van der Waals surface area (Å²) in [4.78, 5) is 4.41. The number of anilines is 2. The van der Waals surface area contributed by atoms with Crippen LogP contribution in [0.1, 0.15) is 18.4 Å². The van der Waals surface area contributed by atoms with Gasteiger partial charge in [0.05, 0.1) is 12.3 Å². The molecular formula is C16H20ClN5O. The molecule has 1 aliphatic rings. The highest BCUT2D eigenvalue weighted by atomic mass is 35.5. The normalized spacial score (nSPS) is 17.2. The number of aromatic nitrogens is 3. The molecule has 0 saturated carbocycles. The van der Waals surface area contributed by atoms with E-state index in [1.165, 1.54) is 5.56 Å². The summed E-state index contributed by atoms with van der Waals surface area (Å²) in [7, 11) is 0. The number of hydrogen-bond acceptors (Lipinski definition) is 6. The zero-order valence-electron chi connectivity index (χ0n) is 12.8. The molecule has 2 heterocycles. The van der Waals surface area contributed by atoms with Crippen LogP contribution in [0.2, 0.25) is 5.02 Å². The van der Waals surface area contributed by atoms with Crippen molar-refractivity contribution in [1.29, 1.82) is 0 Å². The summed E-state index contributed by atoms with van der Waals surface area (Å²) in [5.74, 6) is 1.24. The van der Waals surface area contributed by atoms with Crippen molar-refractivity contribution < 1.29 is 4.74 Å². The molecule has 2 aromatic rings. The number of nitrogens with one attached hydrogen (secondary N) is 2. The molecule has 2 N–H and O–H groups in total. The molecule has 0 aliphatic carbocycles. The van der Waals surface area contributed by atoms with Crippen molar-refractivity contribution in [2.24, 2.45) is 0 Å². The van der Waals surface area contributed by atoms with E-state index in [0.717, 1.165) is 44.0 Å². The first kappa shape index (κ1) is 16.0. The lowest BCUT2D eigenvalue weighted by molar-refractivity contribution is 0.120. The third-order valence-corrected chi connectivity index (χ3v) is 3.96. The highest BCUT2D eigenvalue weighted by Gasteiger charge is 2.15. The molecule has 1 aliphatic heterocycles. The third kappa shape index (κ3) is 5.04. The van der Waals surface area contributed by atoms with E-state index in [1.54, 1.807) is 6.20 Å². The Morgan fingerprint density at radius 2 is 2.09 bits per heavy atom. The molecule has 1 unspecified atom stereocenters. The Labute approximate surface area is 140 Å². The number of halogens is 1. The van der Waals surface area contributed by atoms with Gasteiger partial charge in [0.1, 0.15) is 0 Å². The van der Waals surface area contributed by atoms with E-state index in [0.29, 0.717) is 11.8 Å². The van der Waals surface area contributed by atoms with Crippen molar-refractivity contribution in [1.82, 2.24) is 15.2 Å². The smallest absolute Gasteiger partial charge is 0.244 e. The maximum Gasteiger partial charge on any atom is 0.244 e. The molecule has 0 bridgehead atoms. The lowest BCUT2D eigenvalue weighted by Gasteiger charge is -2.11. The van der Waals surface area contributed by atoms with Crippen molar-refractivity contribution in [3.05, 3.63) is 41.0 Å². The highest BCUT2D eigenvalue weighted by Crippen LogP contribution is 2.13. The van der Waals surface area contributed by atoms with E-state index in [9.17, 15) is 0 Å². The summed E-state index contributed by atoms with van der Waals surface area (Å²) >= 11 is 5.88. The maximum absolute atomic E-state index is 5.88. The van der Waals surface area contributed by atoms with Crippen LogP contribution in [0, 0.1) is 0 Å². The van der Waals surface area contributed by atoms with E-state index in [1.807, 2.05) is 24.3 Å². The van der Waals surface area contributed by atoms with Crippen LogP contribution in [-0.4, -0.2) is 41.0 Å². The molecule has 1 saturated heterocycles. The van der Waals surface area contributed by atoms with Crippen LogP contribution >= 0.6 is 11.6 Å². The van der Waals surface area contributed by atoms with Gasteiger partial charge in [-0.2, -0.15) is 10.1 Å². The molecule has 7 heteroatoms.